The smallest absolute Gasteiger partial charge is 0.266 e. The van der Waals surface area contributed by atoms with Gasteiger partial charge in [-0.05, 0) is 25.0 Å². The molecule has 114 valence electrons. The Labute approximate surface area is 130 Å². The predicted molar refractivity (Wildman–Crippen MR) is 86.1 cm³/mol. The van der Waals surface area contributed by atoms with Gasteiger partial charge in [-0.3, -0.25) is 9.59 Å². The van der Waals surface area contributed by atoms with E-state index in [9.17, 15) is 14.7 Å². The molecule has 0 bridgehead atoms. The van der Waals surface area contributed by atoms with Gasteiger partial charge >= 0.3 is 0 Å². The lowest BCUT2D eigenvalue weighted by atomic mass is 10.2. The van der Waals surface area contributed by atoms with Crippen LogP contribution in [0.25, 0.3) is 12.2 Å². The molecule has 0 saturated carbocycles. The molecule has 1 saturated heterocycles. The van der Waals surface area contributed by atoms with Crippen molar-refractivity contribution in [1.82, 2.24) is 9.88 Å². The largest absolute Gasteiger partial charge is 0.507 e. The summed E-state index contributed by atoms with van der Waals surface area (Å²) in [6, 6.07) is 6.81. The molecule has 1 fully saturated rings. The Morgan fingerprint density at radius 2 is 2.00 bits per heavy atom. The first kappa shape index (κ1) is 14.6. The third-order valence-electron chi connectivity index (χ3n) is 3.58. The summed E-state index contributed by atoms with van der Waals surface area (Å²) in [7, 11) is 0. The molecule has 1 aromatic carbocycles. The molecule has 2 N–H and O–H groups in total. The lowest BCUT2D eigenvalue weighted by Crippen LogP contribution is -2.27. The van der Waals surface area contributed by atoms with Crippen molar-refractivity contribution in [2.75, 3.05) is 13.1 Å². The molecule has 1 aromatic heterocycles. The minimum Gasteiger partial charge on any atom is -0.507 e. The van der Waals surface area contributed by atoms with Gasteiger partial charge in [0.15, 0.2) is 0 Å². The lowest BCUT2D eigenvalue weighted by molar-refractivity contribution is -0.123. The van der Waals surface area contributed by atoms with Crippen LogP contribution < -0.4 is 14.8 Å². The van der Waals surface area contributed by atoms with Gasteiger partial charge in [-0.1, -0.05) is 18.2 Å². The van der Waals surface area contributed by atoms with E-state index in [0.29, 0.717) is 14.8 Å². The molecule has 5 nitrogen and oxygen atoms in total. The minimum absolute atomic E-state index is 0.0656. The average Bonchev–Trinajstić information content (AvgIpc) is 3.12. The van der Waals surface area contributed by atoms with Gasteiger partial charge in [0.2, 0.25) is 5.91 Å². The maximum Gasteiger partial charge on any atom is 0.266 e. The summed E-state index contributed by atoms with van der Waals surface area (Å²) in [6.07, 6.45) is 5.16. The molecular formula is C16H16N2O3S. The summed E-state index contributed by atoms with van der Waals surface area (Å²) in [6.45, 7) is 1.56. The van der Waals surface area contributed by atoms with Crippen LogP contribution in [0.3, 0.4) is 0 Å². The van der Waals surface area contributed by atoms with Gasteiger partial charge in [-0.15, -0.1) is 11.3 Å². The lowest BCUT2D eigenvalue weighted by Gasteiger charge is -2.10. The number of para-hydroxylation sites is 1. The first-order valence-electron chi connectivity index (χ1n) is 7.13. The van der Waals surface area contributed by atoms with Crippen molar-refractivity contribution in [3.05, 3.63) is 49.4 Å². The van der Waals surface area contributed by atoms with Crippen molar-refractivity contribution < 1.29 is 9.90 Å². The number of carbonyl (C=O) groups is 1. The number of carbonyl (C=O) groups excluding carboxylic acids is 1. The fourth-order valence-electron chi connectivity index (χ4n) is 2.42. The van der Waals surface area contributed by atoms with E-state index < -0.39 is 0 Å². The summed E-state index contributed by atoms with van der Waals surface area (Å²) in [5.74, 6) is 0.0538. The van der Waals surface area contributed by atoms with Crippen molar-refractivity contribution in [3.8, 4) is 5.75 Å². The number of benzene rings is 1. The number of nitrogens with zero attached hydrogens (tertiary/aromatic N) is 1. The molecule has 0 unspecified atom stereocenters. The third-order valence-corrected chi connectivity index (χ3v) is 4.54. The molecule has 22 heavy (non-hydrogen) atoms. The van der Waals surface area contributed by atoms with Crippen LogP contribution in [0.15, 0.2) is 29.1 Å². The van der Waals surface area contributed by atoms with Gasteiger partial charge in [0.1, 0.15) is 10.4 Å². The number of rotatable bonds is 2. The monoisotopic (exact) mass is 316 g/mol. The highest BCUT2D eigenvalue weighted by molar-refractivity contribution is 7.07. The first-order valence-corrected chi connectivity index (χ1v) is 7.94. The van der Waals surface area contributed by atoms with E-state index in [4.69, 9.17) is 0 Å². The number of nitrogens with one attached hydrogen (secondary N) is 1. The zero-order chi connectivity index (χ0) is 15.5. The topological polar surface area (TPSA) is 73.4 Å². The number of aromatic hydroxyl groups is 1. The molecule has 0 radical (unpaired) electrons. The number of phenolic OH excluding ortho intramolecular Hbond substituents is 1. The predicted octanol–water partition coefficient (Wildman–Crippen LogP) is 0.374. The van der Waals surface area contributed by atoms with E-state index in [2.05, 4.69) is 4.98 Å². The Morgan fingerprint density at radius 3 is 2.73 bits per heavy atom. The maximum atomic E-state index is 12.1. The second-order valence-electron chi connectivity index (χ2n) is 5.16. The maximum absolute atomic E-state index is 12.1. The number of likely N-dealkylation sites (tertiary alicyclic amines) is 1. The van der Waals surface area contributed by atoms with E-state index in [-0.39, 0.29) is 17.2 Å². The van der Waals surface area contributed by atoms with Gasteiger partial charge in [0.05, 0.1) is 4.53 Å². The van der Waals surface area contributed by atoms with Crippen LogP contribution in [0.5, 0.6) is 5.75 Å². The fraction of sp³-hybridized carbons (Fsp3) is 0.250. The van der Waals surface area contributed by atoms with Crippen LogP contribution in [-0.4, -0.2) is 34.0 Å². The quantitative estimate of drug-likeness (QED) is 0.841. The Balaban J connectivity index is 1.96. The highest BCUT2D eigenvalue weighted by Gasteiger charge is 2.15. The molecule has 6 heteroatoms. The Bertz CT molecular complexity index is 860. The second kappa shape index (κ2) is 6.19. The second-order valence-corrected chi connectivity index (χ2v) is 6.25. The van der Waals surface area contributed by atoms with Crippen molar-refractivity contribution >= 4 is 29.4 Å². The van der Waals surface area contributed by atoms with Gasteiger partial charge in [-0.2, -0.15) is 0 Å². The molecule has 1 aliphatic heterocycles. The van der Waals surface area contributed by atoms with Crippen molar-refractivity contribution in [2.45, 2.75) is 12.8 Å². The molecule has 0 atom stereocenters. The number of thiazole rings is 1. The zero-order valence-electron chi connectivity index (χ0n) is 11.9. The minimum atomic E-state index is -0.256. The SMILES string of the molecule is O=C(/C=c1/[nH]c(=O)/c(=C/c2ccccc2O)s1)N1CCCC1. The zero-order valence-corrected chi connectivity index (χ0v) is 12.7. The van der Waals surface area contributed by atoms with Crippen molar-refractivity contribution in [1.29, 1.82) is 0 Å². The molecule has 0 spiro atoms. The van der Waals surface area contributed by atoms with E-state index in [0.717, 1.165) is 25.9 Å². The summed E-state index contributed by atoms with van der Waals surface area (Å²) in [4.78, 5) is 28.5. The van der Waals surface area contributed by atoms with Crippen molar-refractivity contribution in [2.24, 2.45) is 0 Å². The first-order chi connectivity index (χ1) is 10.6. The Kier molecular flexibility index (Phi) is 4.11. The van der Waals surface area contributed by atoms with Crippen LogP contribution in [-0.2, 0) is 4.79 Å². The van der Waals surface area contributed by atoms with Crippen LogP contribution in [0.2, 0.25) is 0 Å². The average molecular weight is 316 g/mol. The molecule has 1 aliphatic rings. The fourth-order valence-corrected chi connectivity index (χ4v) is 3.29. The van der Waals surface area contributed by atoms with E-state index in [1.807, 2.05) is 0 Å². The standard InChI is InChI=1S/C16H16N2O3S/c19-12-6-2-1-5-11(12)9-13-16(21)17-14(22-13)10-15(20)18-7-3-4-8-18/h1-2,5-6,9-10,19H,3-4,7-8H2,(H,17,21)/b13-9-,14-10-. The third kappa shape index (κ3) is 3.12. The summed E-state index contributed by atoms with van der Waals surface area (Å²) in [5.41, 5.74) is 0.320. The van der Waals surface area contributed by atoms with E-state index in [1.165, 1.54) is 17.4 Å². The number of phenols is 1. The number of H-pyrrole nitrogens is 1. The van der Waals surface area contributed by atoms with Crippen LogP contribution in [0, 0.1) is 0 Å². The van der Waals surface area contributed by atoms with Gasteiger partial charge in [0, 0.05) is 24.7 Å². The van der Waals surface area contributed by atoms with Gasteiger partial charge in [0.25, 0.3) is 5.56 Å². The van der Waals surface area contributed by atoms with Crippen LogP contribution in [0.4, 0.5) is 0 Å². The number of hydrogen-bond acceptors (Lipinski definition) is 4. The van der Waals surface area contributed by atoms with Crippen LogP contribution >= 0.6 is 11.3 Å². The van der Waals surface area contributed by atoms with E-state index >= 15 is 0 Å². The van der Waals surface area contributed by atoms with E-state index in [1.54, 1.807) is 35.2 Å². The molecule has 1 amide bonds. The summed E-state index contributed by atoms with van der Waals surface area (Å²) < 4.78 is 0.991. The molecular weight excluding hydrogens is 300 g/mol. The van der Waals surface area contributed by atoms with Gasteiger partial charge < -0.3 is 15.0 Å². The highest BCUT2D eigenvalue weighted by Crippen LogP contribution is 2.15. The van der Waals surface area contributed by atoms with Gasteiger partial charge in [-0.25, -0.2) is 0 Å². The number of aromatic amines is 1. The summed E-state index contributed by atoms with van der Waals surface area (Å²) >= 11 is 1.21. The Hall–Kier alpha value is -2.34. The summed E-state index contributed by atoms with van der Waals surface area (Å²) in [5, 5.41) is 9.75. The molecule has 0 aliphatic carbocycles. The number of amides is 1. The number of hydrogen-bond donors (Lipinski definition) is 2. The normalized spacial score (nSPS) is 16.5. The number of aromatic nitrogens is 1. The van der Waals surface area contributed by atoms with Crippen molar-refractivity contribution in [3.63, 3.8) is 0 Å². The molecule has 2 heterocycles. The Morgan fingerprint density at radius 1 is 1.27 bits per heavy atom. The van der Waals surface area contributed by atoms with Crippen LogP contribution in [0.1, 0.15) is 18.4 Å². The highest BCUT2D eigenvalue weighted by atomic mass is 32.1. The molecule has 3 rings (SSSR count). The molecule has 2 aromatic rings.